The lowest BCUT2D eigenvalue weighted by molar-refractivity contribution is 0.601. The molecule has 0 radical (unpaired) electrons. The van der Waals surface area contributed by atoms with Gasteiger partial charge in [0.2, 0.25) is 0 Å². The molecular weight excluding hydrogens is 280 g/mol. The van der Waals surface area contributed by atoms with Gasteiger partial charge in [0.05, 0.1) is 17.5 Å². The van der Waals surface area contributed by atoms with E-state index in [0.717, 1.165) is 11.3 Å². The Kier molecular flexibility index (Phi) is 2.90. The zero-order chi connectivity index (χ0) is 13.8. The van der Waals surface area contributed by atoms with Gasteiger partial charge in [-0.3, -0.25) is 5.41 Å². The fourth-order valence-electron chi connectivity index (χ4n) is 2.86. The SMILES string of the molecule is Cc1ccc(N2C(=N)S[C@H]3CS(=O)(=O)C[C@H]32)c(C)c1. The molecule has 4 nitrogen and oxygen atoms in total. The van der Waals surface area contributed by atoms with Crippen molar-refractivity contribution in [1.29, 1.82) is 5.41 Å². The molecule has 0 spiro atoms. The highest BCUT2D eigenvalue weighted by Gasteiger charge is 2.48. The van der Waals surface area contributed by atoms with Crippen LogP contribution < -0.4 is 4.90 Å². The van der Waals surface area contributed by atoms with Gasteiger partial charge in [-0.05, 0) is 25.5 Å². The maximum absolute atomic E-state index is 11.8. The number of sulfone groups is 1. The van der Waals surface area contributed by atoms with Crippen molar-refractivity contribution in [3.63, 3.8) is 0 Å². The van der Waals surface area contributed by atoms with E-state index in [0.29, 0.717) is 5.17 Å². The van der Waals surface area contributed by atoms with Crippen molar-refractivity contribution >= 4 is 32.5 Å². The van der Waals surface area contributed by atoms with Crippen LogP contribution in [-0.2, 0) is 9.84 Å². The summed E-state index contributed by atoms with van der Waals surface area (Å²) >= 11 is 1.38. The number of rotatable bonds is 1. The summed E-state index contributed by atoms with van der Waals surface area (Å²) in [4.78, 5) is 1.90. The number of thioether (sulfide) groups is 1. The predicted molar refractivity (Wildman–Crippen MR) is 79.9 cm³/mol. The van der Waals surface area contributed by atoms with E-state index in [1.54, 1.807) is 0 Å². The molecule has 2 atom stereocenters. The molecule has 1 aromatic carbocycles. The fourth-order valence-corrected chi connectivity index (χ4v) is 6.65. The van der Waals surface area contributed by atoms with Gasteiger partial charge < -0.3 is 4.90 Å². The zero-order valence-electron chi connectivity index (χ0n) is 10.9. The van der Waals surface area contributed by atoms with Crippen molar-refractivity contribution in [2.45, 2.75) is 25.1 Å². The normalized spacial score (nSPS) is 28.7. The minimum atomic E-state index is -2.95. The second-order valence-corrected chi connectivity index (χ2v) is 8.65. The zero-order valence-corrected chi connectivity index (χ0v) is 12.5. The molecule has 2 saturated heterocycles. The first-order valence-electron chi connectivity index (χ1n) is 6.19. The molecule has 2 aliphatic rings. The van der Waals surface area contributed by atoms with Crippen LogP contribution in [-0.4, -0.2) is 36.4 Å². The highest BCUT2D eigenvalue weighted by atomic mass is 32.2. The molecule has 2 aliphatic heterocycles. The minimum Gasteiger partial charge on any atom is -0.316 e. The first-order chi connectivity index (χ1) is 8.87. The predicted octanol–water partition coefficient (Wildman–Crippen LogP) is 1.96. The van der Waals surface area contributed by atoms with Gasteiger partial charge in [0.25, 0.3) is 0 Å². The number of aryl methyl sites for hydroxylation is 2. The second-order valence-electron chi connectivity index (χ2n) is 5.27. The average molecular weight is 296 g/mol. The molecule has 2 fully saturated rings. The Morgan fingerprint density at radius 2 is 2.05 bits per heavy atom. The van der Waals surface area contributed by atoms with Crippen LogP contribution in [0.1, 0.15) is 11.1 Å². The number of nitrogens with zero attached hydrogens (tertiary/aromatic N) is 1. The molecule has 6 heteroatoms. The summed E-state index contributed by atoms with van der Waals surface area (Å²) in [5, 5.41) is 8.60. The standard InChI is InChI=1S/C13H16N2O2S2/c1-8-3-4-10(9(2)5-8)15-11-6-19(16,17)7-12(11)18-13(15)14/h3-5,11-12,14H,6-7H2,1-2H3/t11-,12+/m1/s1. The Balaban J connectivity index is 2.02. The number of amidine groups is 1. The number of hydrogen-bond donors (Lipinski definition) is 1. The van der Waals surface area contributed by atoms with Gasteiger partial charge in [-0.2, -0.15) is 0 Å². The quantitative estimate of drug-likeness (QED) is 0.860. The van der Waals surface area contributed by atoms with E-state index >= 15 is 0 Å². The first kappa shape index (κ1) is 13.0. The van der Waals surface area contributed by atoms with Gasteiger partial charge >= 0.3 is 0 Å². The first-order valence-corrected chi connectivity index (χ1v) is 8.89. The summed E-state index contributed by atoms with van der Waals surface area (Å²) in [6.45, 7) is 4.04. The van der Waals surface area contributed by atoms with Crippen molar-refractivity contribution in [3.8, 4) is 0 Å². The third-order valence-electron chi connectivity index (χ3n) is 3.70. The number of fused-ring (bicyclic) bond motifs is 1. The van der Waals surface area contributed by atoms with Crippen molar-refractivity contribution in [1.82, 2.24) is 0 Å². The van der Waals surface area contributed by atoms with Crippen LogP contribution in [0.5, 0.6) is 0 Å². The van der Waals surface area contributed by atoms with Crippen LogP contribution >= 0.6 is 11.8 Å². The van der Waals surface area contributed by atoms with E-state index in [1.807, 2.05) is 30.9 Å². The smallest absolute Gasteiger partial charge is 0.161 e. The number of anilines is 1. The summed E-state index contributed by atoms with van der Waals surface area (Å²) < 4.78 is 23.5. The van der Waals surface area contributed by atoms with E-state index in [-0.39, 0.29) is 22.8 Å². The summed E-state index contributed by atoms with van der Waals surface area (Å²) in [5.74, 6) is 0.368. The number of benzene rings is 1. The average Bonchev–Trinajstić information content (AvgIpc) is 2.70. The van der Waals surface area contributed by atoms with Crippen LogP contribution in [0.4, 0.5) is 5.69 Å². The van der Waals surface area contributed by atoms with Crippen molar-refractivity contribution in [2.24, 2.45) is 0 Å². The molecule has 0 aromatic heterocycles. The van der Waals surface area contributed by atoms with Crippen LogP contribution in [0, 0.1) is 19.3 Å². The fraction of sp³-hybridized carbons (Fsp3) is 0.462. The topological polar surface area (TPSA) is 61.2 Å². The summed E-state index contributed by atoms with van der Waals surface area (Å²) in [6.07, 6.45) is 0. The highest BCUT2D eigenvalue weighted by Crippen LogP contribution is 2.41. The molecule has 1 aromatic rings. The molecule has 19 heavy (non-hydrogen) atoms. The third-order valence-corrected chi connectivity index (χ3v) is 6.83. The van der Waals surface area contributed by atoms with E-state index in [2.05, 4.69) is 6.07 Å². The van der Waals surface area contributed by atoms with Gasteiger partial charge in [0.1, 0.15) is 0 Å². The number of nitrogens with one attached hydrogen (secondary N) is 1. The van der Waals surface area contributed by atoms with Crippen LogP contribution in [0.3, 0.4) is 0 Å². The van der Waals surface area contributed by atoms with Gasteiger partial charge in [-0.1, -0.05) is 29.5 Å². The highest BCUT2D eigenvalue weighted by molar-refractivity contribution is 8.15. The van der Waals surface area contributed by atoms with E-state index in [1.165, 1.54) is 17.3 Å². The van der Waals surface area contributed by atoms with E-state index in [9.17, 15) is 8.42 Å². The Morgan fingerprint density at radius 1 is 1.32 bits per heavy atom. The van der Waals surface area contributed by atoms with Crippen LogP contribution in [0.25, 0.3) is 0 Å². The lowest BCUT2D eigenvalue weighted by atomic mass is 10.1. The molecule has 0 saturated carbocycles. The number of hydrogen-bond acceptors (Lipinski definition) is 4. The monoisotopic (exact) mass is 296 g/mol. The van der Waals surface area contributed by atoms with Crippen molar-refractivity contribution in [2.75, 3.05) is 16.4 Å². The van der Waals surface area contributed by atoms with Crippen molar-refractivity contribution < 1.29 is 8.42 Å². The molecule has 0 aliphatic carbocycles. The van der Waals surface area contributed by atoms with Gasteiger partial charge in [-0.25, -0.2) is 8.42 Å². The lowest BCUT2D eigenvalue weighted by Crippen LogP contribution is -2.37. The maximum Gasteiger partial charge on any atom is 0.161 e. The van der Waals surface area contributed by atoms with Crippen LogP contribution in [0.15, 0.2) is 18.2 Å². The molecule has 102 valence electrons. The Morgan fingerprint density at radius 3 is 2.74 bits per heavy atom. The Labute approximate surface area is 117 Å². The largest absolute Gasteiger partial charge is 0.316 e. The third kappa shape index (κ3) is 2.17. The lowest BCUT2D eigenvalue weighted by Gasteiger charge is -2.25. The maximum atomic E-state index is 11.8. The molecular formula is C13H16N2O2S2. The van der Waals surface area contributed by atoms with Crippen LogP contribution in [0.2, 0.25) is 0 Å². The van der Waals surface area contributed by atoms with Gasteiger partial charge in [-0.15, -0.1) is 0 Å². The van der Waals surface area contributed by atoms with E-state index in [4.69, 9.17) is 5.41 Å². The molecule has 0 amide bonds. The second kappa shape index (κ2) is 4.24. The molecule has 3 rings (SSSR count). The van der Waals surface area contributed by atoms with Gasteiger partial charge in [0, 0.05) is 10.9 Å². The Bertz CT molecular complexity index is 655. The van der Waals surface area contributed by atoms with E-state index < -0.39 is 9.84 Å². The minimum absolute atomic E-state index is 0.0122. The molecule has 0 unspecified atom stereocenters. The summed E-state index contributed by atoms with van der Waals surface area (Å²) in [6, 6.07) is 6.00. The molecule has 1 N–H and O–H groups in total. The van der Waals surface area contributed by atoms with Crippen molar-refractivity contribution in [3.05, 3.63) is 29.3 Å². The Hall–Kier alpha value is -1.01. The van der Waals surface area contributed by atoms with Gasteiger partial charge in [0.15, 0.2) is 15.0 Å². The summed E-state index contributed by atoms with van der Waals surface area (Å²) in [7, 11) is -2.95. The molecule has 0 bridgehead atoms. The molecule has 2 heterocycles. The summed E-state index contributed by atoms with van der Waals surface area (Å²) in [5.41, 5.74) is 3.23.